The maximum atomic E-state index is 9.99. The second-order valence-corrected chi connectivity index (χ2v) is 4.47. The molecule has 0 amide bonds. The molecule has 0 bridgehead atoms. The highest BCUT2D eigenvalue weighted by Crippen LogP contribution is 2.38. The molecule has 1 aliphatic heterocycles. The minimum atomic E-state index is 0.275. The number of hydrogen-bond acceptors (Lipinski definition) is 3. The fraction of sp³-hybridized carbons (Fsp3) is 0.200. The van der Waals surface area contributed by atoms with Gasteiger partial charge in [-0.25, -0.2) is 0 Å². The van der Waals surface area contributed by atoms with E-state index in [-0.39, 0.29) is 6.79 Å². The third-order valence-electron chi connectivity index (χ3n) is 3.32. The standard InChI is InChI=1S/C15H14O3/c1-9-3-5-12(10(2)15(9)16)11-4-6-13-14(7-11)18-8-17-13/h3-7,16H,8H2,1-2H3. The Morgan fingerprint density at radius 2 is 1.78 bits per heavy atom. The Bertz CT molecular complexity index is 617. The Kier molecular flexibility index (Phi) is 2.40. The molecule has 3 rings (SSSR count). The van der Waals surface area contributed by atoms with Gasteiger partial charge in [0, 0.05) is 0 Å². The van der Waals surface area contributed by atoms with Gasteiger partial charge in [-0.15, -0.1) is 0 Å². The van der Waals surface area contributed by atoms with E-state index in [0.29, 0.717) is 5.75 Å². The van der Waals surface area contributed by atoms with Crippen LogP contribution < -0.4 is 9.47 Å². The molecule has 2 aromatic rings. The zero-order valence-corrected chi connectivity index (χ0v) is 10.4. The van der Waals surface area contributed by atoms with Gasteiger partial charge in [-0.2, -0.15) is 0 Å². The summed E-state index contributed by atoms with van der Waals surface area (Å²) < 4.78 is 10.7. The van der Waals surface area contributed by atoms with Gasteiger partial charge in [0.05, 0.1) is 0 Å². The van der Waals surface area contributed by atoms with Crippen LogP contribution in [0.15, 0.2) is 30.3 Å². The number of fused-ring (bicyclic) bond motifs is 1. The first-order chi connectivity index (χ1) is 8.66. The van der Waals surface area contributed by atoms with Crippen LogP contribution in [0.3, 0.4) is 0 Å². The van der Waals surface area contributed by atoms with Crippen molar-refractivity contribution in [3.8, 4) is 28.4 Å². The van der Waals surface area contributed by atoms with Crippen molar-refractivity contribution in [2.45, 2.75) is 13.8 Å². The summed E-state index contributed by atoms with van der Waals surface area (Å²) >= 11 is 0. The molecule has 0 atom stereocenters. The number of benzene rings is 2. The van der Waals surface area contributed by atoms with Gasteiger partial charge in [0.15, 0.2) is 11.5 Å². The highest BCUT2D eigenvalue weighted by molar-refractivity contribution is 5.73. The number of ether oxygens (including phenoxy) is 2. The molecule has 0 unspecified atom stereocenters. The van der Waals surface area contributed by atoms with E-state index in [0.717, 1.165) is 33.8 Å². The zero-order valence-electron chi connectivity index (χ0n) is 10.4. The van der Waals surface area contributed by atoms with Crippen LogP contribution in [0, 0.1) is 13.8 Å². The maximum absolute atomic E-state index is 9.99. The normalized spacial score (nSPS) is 12.8. The lowest BCUT2D eigenvalue weighted by atomic mass is 9.97. The Balaban J connectivity index is 2.13. The summed E-state index contributed by atoms with van der Waals surface area (Å²) in [5.41, 5.74) is 3.80. The van der Waals surface area contributed by atoms with Crippen molar-refractivity contribution in [1.29, 1.82) is 0 Å². The quantitative estimate of drug-likeness (QED) is 0.832. The molecule has 3 heteroatoms. The van der Waals surface area contributed by atoms with Crippen LogP contribution in [0.5, 0.6) is 17.2 Å². The molecule has 0 fully saturated rings. The smallest absolute Gasteiger partial charge is 0.231 e. The molecule has 0 saturated carbocycles. The van der Waals surface area contributed by atoms with Gasteiger partial charge < -0.3 is 14.6 Å². The lowest BCUT2D eigenvalue weighted by Gasteiger charge is -2.10. The van der Waals surface area contributed by atoms with Crippen LogP contribution in [0.4, 0.5) is 0 Å². The number of phenols is 1. The van der Waals surface area contributed by atoms with Crippen LogP contribution in [0.25, 0.3) is 11.1 Å². The van der Waals surface area contributed by atoms with Crippen LogP contribution in [-0.2, 0) is 0 Å². The maximum Gasteiger partial charge on any atom is 0.231 e. The Labute approximate surface area is 106 Å². The van der Waals surface area contributed by atoms with Crippen LogP contribution in [-0.4, -0.2) is 11.9 Å². The van der Waals surface area contributed by atoms with Crippen molar-refractivity contribution in [3.63, 3.8) is 0 Å². The number of phenolic OH excluding ortho intramolecular Hbond substituents is 1. The first-order valence-corrected chi connectivity index (χ1v) is 5.86. The van der Waals surface area contributed by atoms with E-state index >= 15 is 0 Å². The van der Waals surface area contributed by atoms with E-state index in [4.69, 9.17) is 9.47 Å². The van der Waals surface area contributed by atoms with Crippen LogP contribution in [0.2, 0.25) is 0 Å². The van der Waals surface area contributed by atoms with Crippen molar-refractivity contribution < 1.29 is 14.6 Å². The molecule has 18 heavy (non-hydrogen) atoms. The average Bonchev–Trinajstić information content (AvgIpc) is 2.83. The minimum Gasteiger partial charge on any atom is -0.507 e. The lowest BCUT2D eigenvalue weighted by molar-refractivity contribution is 0.174. The van der Waals surface area contributed by atoms with Gasteiger partial charge in [0.25, 0.3) is 0 Å². The van der Waals surface area contributed by atoms with E-state index in [1.54, 1.807) is 0 Å². The highest BCUT2D eigenvalue weighted by atomic mass is 16.7. The predicted molar refractivity (Wildman–Crippen MR) is 69.1 cm³/mol. The van der Waals surface area contributed by atoms with Gasteiger partial charge in [-0.05, 0) is 48.2 Å². The summed E-state index contributed by atoms with van der Waals surface area (Å²) in [4.78, 5) is 0. The molecule has 1 heterocycles. The van der Waals surface area contributed by atoms with Gasteiger partial charge in [0.1, 0.15) is 5.75 Å². The molecule has 1 N–H and O–H groups in total. The molecular formula is C15H14O3. The average molecular weight is 242 g/mol. The minimum absolute atomic E-state index is 0.275. The zero-order chi connectivity index (χ0) is 12.7. The van der Waals surface area contributed by atoms with E-state index in [1.807, 2.05) is 44.2 Å². The summed E-state index contributed by atoms with van der Waals surface area (Å²) in [5, 5.41) is 9.99. The van der Waals surface area contributed by atoms with Gasteiger partial charge in [-0.1, -0.05) is 18.2 Å². The van der Waals surface area contributed by atoms with E-state index < -0.39 is 0 Å². The van der Waals surface area contributed by atoms with Crippen molar-refractivity contribution in [3.05, 3.63) is 41.5 Å². The summed E-state index contributed by atoms with van der Waals surface area (Å²) in [6.45, 7) is 4.09. The van der Waals surface area contributed by atoms with Crippen LogP contribution >= 0.6 is 0 Å². The summed E-state index contributed by atoms with van der Waals surface area (Å²) in [7, 11) is 0. The van der Waals surface area contributed by atoms with E-state index in [1.165, 1.54) is 0 Å². The highest BCUT2D eigenvalue weighted by Gasteiger charge is 2.15. The van der Waals surface area contributed by atoms with Crippen molar-refractivity contribution >= 4 is 0 Å². The van der Waals surface area contributed by atoms with E-state index in [2.05, 4.69) is 0 Å². The number of hydrogen-bond donors (Lipinski definition) is 1. The second-order valence-electron chi connectivity index (χ2n) is 4.47. The van der Waals surface area contributed by atoms with Gasteiger partial charge in [-0.3, -0.25) is 0 Å². The molecule has 0 radical (unpaired) electrons. The molecule has 3 nitrogen and oxygen atoms in total. The van der Waals surface area contributed by atoms with Gasteiger partial charge >= 0.3 is 0 Å². The Hall–Kier alpha value is -2.16. The Morgan fingerprint density at radius 1 is 1.00 bits per heavy atom. The van der Waals surface area contributed by atoms with E-state index in [9.17, 15) is 5.11 Å². The molecule has 0 saturated heterocycles. The number of rotatable bonds is 1. The van der Waals surface area contributed by atoms with Crippen molar-refractivity contribution in [2.75, 3.05) is 6.79 Å². The molecule has 92 valence electrons. The number of aromatic hydroxyl groups is 1. The summed E-state index contributed by atoms with van der Waals surface area (Å²) in [6, 6.07) is 9.75. The summed E-state index contributed by atoms with van der Waals surface area (Å²) in [6.07, 6.45) is 0. The first-order valence-electron chi connectivity index (χ1n) is 5.86. The molecule has 0 aliphatic carbocycles. The third kappa shape index (κ3) is 1.59. The van der Waals surface area contributed by atoms with Crippen molar-refractivity contribution in [1.82, 2.24) is 0 Å². The fourth-order valence-corrected chi connectivity index (χ4v) is 2.21. The molecular weight excluding hydrogens is 228 g/mol. The monoisotopic (exact) mass is 242 g/mol. The largest absolute Gasteiger partial charge is 0.507 e. The van der Waals surface area contributed by atoms with Gasteiger partial charge in [0.2, 0.25) is 6.79 Å². The second kappa shape index (κ2) is 3.95. The number of aryl methyl sites for hydroxylation is 1. The van der Waals surface area contributed by atoms with Crippen molar-refractivity contribution in [2.24, 2.45) is 0 Å². The third-order valence-corrected chi connectivity index (χ3v) is 3.32. The predicted octanol–water partition coefficient (Wildman–Crippen LogP) is 3.40. The fourth-order valence-electron chi connectivity index (χ4n) is 2.21. The SMILES string of the molecule is Cc1ccc(-c2ccc3c(c2)OCO3)c(C)c1O. The summed E-state index contributed by atoms with van der Waals surface area (Å²) in [5.74, 6) is 1.88. The first kappa shape index (κ1) is 11.0. The lowest BCUT2D eigenvalue weighted by Crippen LogP contribution is -1.92. The Morgan fingerprint density at radius 3 is 2.61 bits per heavy atom. The molecule has 2 aromatic carbocycles. The molecule has 0 spiro atoms. The molecule has 0 aromatic heterocycles. The van der Waals surface area contributed by atoms with Crippen LogP contribution in [0.1, 0.15) is 11.1 Å². The topological polar surface area (TPSA) is 38.7 Å². The molecule has 1 aliphatic rings.